The Morgan fingerprint density at radius 3 is 1.94 bits per heavy atom. The van der Waals surface area contributed by atoms with Gasteiger partial charge in [-0.3, -0.25) is 9.59 Å². The number of nitrogens with one attached hydrogen (secondary N) is 2. The molecule has 0 unspecified atom stereocenters. The number of nitrogens with zero attached hydrogens (tertiary/aromatic N) is 4. The fraction of sp³-hybridized carbons (Fsp3) is 0.727. The van der Waals surface area contributed by atoms with Crippen LogP contribution in [0.15, 0.2) is 4.90 Å². The van der Waals surface area contributed by atoms with Gasteiger partial charge < -0.3 is 20.4 Å². The molecule has 1 aromatic rings. The van der Waals surface area contributed by atoms with E-state index in [0.717, 1.165) is 88.9 Å². The number of rotatable bonds is 2. The van der Waals surface area contributed by atoms with Crippen molar-refractivity contribution in [1.29, 1.82) is 0 Å². The van der Waals surface area contributed by atoms with Gasteiger partial charge in [-0.15, -0.1) is 11.8 Å². The Balaban J connectivity index is 1.21. The van der Waals surface area contributed by atoms with Crippen molar-refractivity contribution in [2.24, 2.45) is 10.8 Å². The molecule has 0 radical (unpaired) electrons. The molecule has 8 nitrogen and oxygen atoms in total. The van der Waals surface area contributed by atoms with Gasteiger partial charge >= 0.3 is 0 Å². The van der Waals surface area contributed by atoms with Crippen molar-refractivity contribution in [2.45, 2.75) is 49.8 Å². The van der Waals surface area contributed by atoms with Gasteiger partial charge in [0.05, 0.1) is 10.6 Å². The second-order valence-corrected chi connectivity index (χ2v) is 11.2. The smallest absolute Gasteiger partial charge is 0.227 e. The molecule has 1 aromatic heterocycles. The summed E-state index contributed by atoms with van der Waals surface area (Å²) in [5.74, 6) is 3.45. The van der Waals surface area contributed by atoms with Crippen molar-refractivity contribution >= 4 is 35.3 Å². The van der Waals surface area contributed by atoms with Gasteiger partial charge in [0.15, 0.2) is 0 Å². The molecule has 2 N–H and O–H groups in total. The maximum atomic E-state index is 11.8. The van der Waals surface area contributed by atoms with Gasteiger partial charge in [0.1, 0.15) is 5.82 Å². The topological polar surface area (TPSA) is 90.5 Å². The lowest BCUT2D eigenvalue weighted by Crippen LogP contribution is -2.43. The SMILES string of the molecule is O=C1CC2(CCN(c3nc4c(c(N5CCC6(CC5)CNC(=O)C6)n3)SCC4)CC2)CN1. The van der Waals surface area contributed by atoms with Gasteiger partial charge in [-0.1, -0.05) is 0 Å². The molecule has 0 aliphatic carbocycles. The number of hydrogen-bond donors (Lipinski definition) is 2. The lowest BCUT2D eigenvalue weighted by molar-refractivity contribution is -0.120. The highest BCUT2D eigenvalue weighted by Crippen LogP contribution is 2.44. The number of piperidine rings is 2. The Bertz CT molecular complexity index is 921. The highest BCUT2D eigenvalue weighted by atomic mass is 32.2. The van der Waals surface area contributed by atoms with Gasteiger partial charge in [0, 0.05) is 64.3 Å². The van der Waals surface area contributed by atoms with E-state index in [0.29, 0.717) is 12.8 Å². The van der Waals surface area contributed by atoms with Crippen LogP contribution >= 0.6 is 11.8 Å². The Labute approximate surface area is 186 Å². The minimum Gasteiger partial charge on any atom is -0.356 e. The third-order valence-electron chi connectivity index (χ3n) is 8.11. The molecule has 5 aliphatic rings. The summed E-state index contributed by atoms with van der Waals surface area (Å²) in [6.07, 6.45) is 6.47. The molecule has 4 fully saturated rings. The first-order valence-electron chi connectivity index (χ1n) is 11.6. The molecule has 0 saturated carbocycles. The summed E-state index contributed by atoms with van der Waals surface area (Å²) in [5, 5.41) is 6.05. The van der Waals surface area contributed by atoms with E-state index >= 15 is 0 Å². The van der Waals surface area contributed by atoms with E-state index < -0.39 is 0 Å². The molecule has 0 bridgehead atoms. The van der Waals surface area contributed by atoms with E-state index in [1.807, 2.05) is 11.8 Å². The van der Waals surface area contributed by atoms with Crippen LogP contribution in [-0.4, -0.2) is 66.8 Å². The summed E-state index contributed by atoms with van der Waals surface area (Å²) >= 11 is 1.89. The number of hydrogen-bond acceptors (Lipinski definition) is 7. The number of anilines is 2. The van der Waals surface area contributed by atoms with Gasteiger partial charge in [-0.2, -0.15) is 4.98 Å². The lowest BCUT2D eigenvalue weighted by atomic mass is 9.77. The Kier molecular flexibility index (Phi) is 4.59. The van der Waals surface area contributed by atoms with Crippen molar-refractivity contribution in [3.63, 3.8) is 0 Å². The number of carbonyl (C=O) groups is 2. The molecule has 0 atom stereocenters. The summed E-state index contributed by atoms with van der Waals surface area (Å²) in [6.45, 7) is 5.38. The quantitative estimate of drug-likeness (QED) is 0.714. The van der Waals surface area contributed by atoms with Gasteiger partial charge in [0.25, 0.3) is 0 Å². The normalized spacial score (nSPS) is 26.5. The molecule has 166 valence electrons. The van der Waals surface area contributed by atoms with Crippen molar-refractivity contribution in [2.75, 3.05) is 54.8 Å². The monoisotopic (exact) mass is 442 g/mol. The highest BCUT2D eigenvalue weighted by Gasteiger charge is 2.43. The molecule has 4 saturated heterocycles. The van der Waals surface area contributed by atoms with Gasteiger partial charge in [-0.05, 0) is 36.5 Å². The predicted molar refractivity (Wildman–Crippen MR) is 119 cm³/mol. The van der Waals surface area contributed by atoms with Crippen LogP contribution in [0.1, 0.15) is 44.2 Å². The standard InChI is InChI=1S/C22H30N6O2S/c29-16-11-21(13-23-16)2-6-27(7-3-21)19-18-15(1-10-31-18)25-20(26-19)28-8-4-22(5-9-28)12-17(30)24-14-22/h1-14H2,(H,23,29)(H,24,30). The van der Waals surface area contributed by atoms with Crippen LogP contribution < -0.4 is 20.4 Å². The number of amides is 2. The van der Waals surface area contributed by atoms with Crippen molar-refractivity contribution in [3.05, 3.63) is 5.69 Å². The fourth-order valence-electron chi connectivity index (χ4n) is 5.98. The van der Waals surface area contributed by atoms with E-state index in [9.17, 15) is 9.59 Å². The molecule has 9 heteroatoms. The Morgan fingerprint density at radius 1 is 0.806 bits per heavy atom. The van der Waals surface area contributed by atoms with E-state index in [1.165, 1.54) is 10.6 Å². The maximum absolute atomic E-state index is 11.8. The Hall–Kier alpha value is -2.03. The third kappa shape index (κ3) is 3.45. The third-order valence-corrected chi connectivity index (χ3v) is 9.23. The molecule has 31 heavy (non-hydrogen) atoms. The molecule has 2 spiro atoms. The number of thioether (sulfide) groups is 1. The molecular formula is C22H30N6O2S. The van der Waals surface area contributed by atoms with Crippen LogP contribution in [0.25, 0.3) is 0 Å². The van der Waals surface area contributed by atoms with Crippen LogP contribution in [-0.2, 0) is 16.0 Å². The first-order valence-corrected chi connectivity index (χ1v) is 12.6. The molecule has 2 amide bonds. The van der Waals surface area contributed by atoms with Crippen LogP contribution in [0.4, 0.5) is 11.8 Å². The van der Waals surface area contributed by atoms with Crippen molar-refractivity contribution < 1.29 is 9.59 Å². The Morgan fingerprint density at radius 2 is 1.39 bits per heavy atom. The van der Waals surface area contributed by atoms with Crippen LogP contribution in [0, 0.1) is 10.8 Å². The molecule has 6 rings (SSSR count). The second kappa shape index (κ2) is 7.25. The van der Waals surface area contributed by atoms with Crippen LogP contribution in [0.5, 0.6) is 0 Å². The average Bonchev–Trinajstić information content (AvgIpc) is 3.48. The molecule has 6 heterocycles. The first-order chi connectivity index (χ1) is 15.0. The zero-order chi connectivity index (χ0) is 21.1. The average molecular weight is 443 g/mol. The number of aryl methyl sites for hydroxylation is 1. The molecular weight excluding hydrogens is 412 g/mol. The minimum absolute atomic E-state index is 0.136. The van der Waals surface area contributed by atoms with Gasteiger partial charge in [-0.25, -0.2) is 4.98 Å². The predicted octanol–water partition coefficient (Wildman–Crippen LogP) is 1.34. The van der Waals surface area contributed by atoms with E-state index in [4.69, 9.17) is 9.97 Å². The molecule has 5 aliphatic heterocycles. The van der Waals surface area contributed by atoms with Gasteiger partial charge in [0.2, 0.25) is 17.8 Å². The highest BCUT2D eigenvalue weighted by molar-refractivity contribution is 7.99. The largest absolute Gasteiger partial charge is 0.356 e. The second-order valence-electron chi connectivity index (χ2n) is 10.1. The van der Waals surface area contributed by atoms with E-state index in [-0.39, 0.29) is 22.6 Å². The number of fused-ring (bicyclic) bond motifs is 1. The van der Waals surface area contributed by atoms with Crippen molar-refractivity contribution in [3.8, 4) is 0 Å². The summed E-state index contributed by atoms with van der Waals surface area (Å²) in [7, 11) is 0. The zero-order valence-corrected chi connectivity index (χ0v) is 18.7. The zero-order valence-electron chi connectivity index (χ0n) is 17.9. The summed E-state index contributed by atoms with van der Waals surface area (Å²) in [6, 6.07) is 0. The van der Waals surface area contributed by atoms with Crippen LogP contribution in [0.2, 0.25) is 0 Å². The van der Waals surface area contributed by atoms with Crippen LogP contribution in [0.3, 0.4) is 0 Å². The summed E-state index contributed by atoms with van der Waals surface area (Å²) in [4.78, 5) is 39.6. The maximum Gasteiger partial charge on any atom is 0.227 e. The summed E-state index contributed by atoms with van der Waals surface area (Å²) in [5.41, 5.74) is 1.48. The number of carbonyl (C=O) groups excluding carboxylic acids is 2. The van der Waals surface area contributed by atoms with E-state index in [2.05, 4.69) is 20.4 Å². The van der Waals surface area contributed by atoms with E-state index in [1.54, 1.807) is 0 Å². The lowest BCUT2D eigenvalue weighted by Gasteiger charge is -2.40. The minimum atomic E-state index is 0.136. The fourth-order valence-corrected chi connectivity index (χ4v) is 7.10. The number of aromatic nitrogens is 2. The summed E-state index contributed by atoms with van der Waals surface area (Å²) < 4.78 is 0. The van der Waals surface area contributed by atoms with Crippen molar-refractivity contribution in [1.82, 2.24) is 20.6 Å². The molecule has 0 aromatic carbocycles. The first kappa shape index (κ1) is 19.6.